The predicted molar refractivity (Wildman–Crippen MR) is 94.8 cm³/mol. The highest BCUT2D eigenvalue weighted by molar-refractivity contribution is 5.26. The maximum Gasteiger partial charge on any atom is 0.164 e. The molecule has 0 radical (unpaired) electrons. The molecule has 1 fully saturated rings. The van der Waals surface area contributed by atoms with E-state index in [0.717, 1.165) is 19.3 Å². The van der Waals surface area contributed by atoms with E-state index in [0.29, 0.717) is 30.4 Å². The number of aryl methyl sites for hydroxylation is 1. The summed E-state index contributed by atoms with van der Waals surface area (Å²) in [4.78, 5) is 0. The summed E-state index contributed by atoms with van der Waals surface area (Å²) in [7, 11) is 0. The zero-order valence-corrected chi connectivity index (χ0v) is 14.6. The number of benzene rings is 1. The molecular formula is C21H28F2O. The Morgan fingerprint density at radius 1 is 1.12 bits per heavy atom. The number of ether oxygens (including phenoxy) is 1. The van der Waals surface area contributed by atoms with Gasteiger partial charge in [0.25, 0.3) is 0 Å². The maximum absolute atomic E-state index is 14.3. The molecule has 1 aromatic carbocycles. The van der Waals surface area contributed by atoms with Crippen LogP contribution in [0.4, 0.5) is 8.78 Å². The van der Waals surface area contributed by atoms with Crippen LogP contribution in [0.1, 0.15) is 50.2 Å². The minimum absolute atomic E-state index is 0.0962. The van der Waals surface area contributed by atoms with Gasteiger partial charge in [-0.1, -0.05) is 30.4 Å². The van der Waals surface area contributed by atoms with Gasteiger partial charge >= 0.3 is 0 Å². The third-order valence-electron chi connectivity index (χ3n) is 5.00. The van der Waals surface area contributed by atoms with E-state index < -0.39 is 11.6 Å². The van der Waals surface area contributed by atoms with Crippen LogP contribution in [0.3, 0.4) is 0 Å². The van der Waals surface area contributed by atoms with E-state index in [1.54, 1.807) is 12.1 Å². The largest absolute Gasteiger partial charge is 0.373 e. The van der Waals surface area contributed by atoms with Gasteiger partial charge in [0.15, 0.2) is 11.6 Å². The van der Waals surface area contributed by atoms with E-state index in [2.05, 4.69) is 6.58 Å². The van der Waals surface area contributed by atoms with Crippen molar-refractivity contribution in [1.82, 2.24) is 0 Å². The fourth-order valence-corrected chi connectivity index (χ4v) is 3.34. The highest BCUT2D eigenvalue weighted by atomic mass is 19.2. The van der Waals surface area contributed by atoms with E-state index in [1.165, 1.54) is 12.8 Å². The van der Waals surface area contributed by atoms with Crippen molar-refractivity contribution in [3.8, 4) is 0 Å². The lowest BCUT2D eigenvalue weighted by molar-refractivity contribution is 0.145. The number of hydrogen-bond donors (Lipinski definition) is 0. The Hall–Kier alpha value is -1.48. The molecule has 24 heavy (non-hydrogen) atoms. The van der Waals surface area contributed by atoms with Gasteiger partial charge in [-0.15, -0.1) is 6.58 Å². The van der Waals surface area contributed by atoms with Crippen molar-refractivity contribution in [1.29, 1.82) is 0 Å². The summed E-state index contributed by atoms with van der Waals surface area (Å²) in [6.45, 7) is 6.26. The molecule has 0 aromatic heterocycles. The molecule has 132 valence electrons. The molecule has 0 saturated heterocycles. The number of rotatable bonds is 8. The fourth-order valence-electron chi connectivity index (χ4n) is 3.34. The average Bonchev–Trinajstić information content (AvgIpc) is 2.62. The van der Waals surface area contributed by atoms with Crippen LogP contribution in [0.2, 0.25) is 0 Å². The van der Waals surface area contributed by atoms with Gasteiger partial charge in [0.2, 0.25) is 0 Å². The monoisotopic (exact) mass is 334 g/mol. The fraction of sp³-hybridized carbons (Fsp3) is 0.524. The van der Waals surface area contributed by atoms with Crippen LogP contribution >= 0.6 is 0 Å². The molecular weight excluding hydrogens is 306 g/mol. The Morgan fingerprint density at radius 3 is 2.46 bits per heavy atom. The van der Waals surface area contributed by atoms with Gasteiger partial charge < -0.3 is 4.74 Å². The summed E-state index contributed by atoms with van der Waals surface area (Å²) < 4.78 is 33.7. The lowest BCUT2D eigenvalue weighted by atomic mass is 9.79. The second-order valence-corrected chi connectivity index (χ2v) is 6.65. The van der Waals surface area contributed by atoms with Crippen LogP contribution in [0.15, 0.2) is 36.9 Å². The van der Waals surface area contributed by atoms with Crippen molar-refractivity contribution < 1.29 is 13.5 Å². The Bertz CT molecular complexity index is 557. The van der Waals surface area contributed by atoms with Gasteiger partial charge in [0.05, 0.1) is 13.2 Å². The van der Waals surface area contributed by atoms with Gasteiger partial charge in [0.1, 0.15) is 0 Å². The molecule has 0 unspecified atom stereocenters. The Kier molecular flexibility index (Phi) is 7.64. The minimum atomic E-state index is -0.761. The molecule has 1 saturated carbocycles. The Morgan fingerprint density at radius 2 is 1.79 bits per heavy atom. The van der Waals surface area contributed by atoms with E-state index >= 15 is 0 Å². The molecule has 0 atom stereocenters. The second-order valence-electron chi connectivity index (χ2n) is 6.65. The smallest absolute Gasteiger partial charge is 0.164 e. The summed E-state index contributed by atoms with van der Waals surface area (Å²) in [5, 5.41) is 0. The number of halogens is 2. The summed E-state index contributed by atoms with van der Waals surface area (Å²) in [5.41, 5.74) is 0.766. The first-order valence-corrected chi connectivity index (χ1v) is 8.92. The van der Waals surface area contributed by atoms with Crippen molar-refractivity contribution in [2.24, 2.45) is 11.8 Å². The van der Waals surface area contributed by atoms with Gasteiger partial charge in [-0.2, -0.15) is 0 Å². The molecule has 1 nitrogen and oxygen atoms in total. The van der Waals surface area contributed by atoms with Crippen LogP contribution < -0.4 is 0 Å². The van der Waals surface area contributed by atoms with Crippen LogP contribution in [0, 0.1) is 23.5 Å². The minimum Gasteiger partial charge on any atom is -0.373 e. The van der Waals surface area contributed by atoms with Gasteiger partial charge in [-0.3, -0.25) is 0 Å². The molecule has 1 aliphatic carbocycles. The molecule has 0 amide bonds. The normalized spacial score (nSPS) is 21.3. The van der Waals surface area contributed by atoms with Crippen molar-refractivity contribution in [2.75, 3.05) is 6.61 Å². The molecule has 1 aromatic rings. The first-order valence-electron chi connectivity index (χ1n) is 8.92. The average molecular weight is 334 g/mol. The molecule has 3 heteroatoms. The van der Waals surface area contributed by atoms with E-state index in [1.807, 2.05) is 25.2 Å². The first kappa shape index (κ1) is 18.9. The summed E-state index contributed by atoms with van der Waals surface area (Å²) in [6, 6.07) is 3.36. The highest BCUT2D eigenvalue weighted by Crippen LogP contribution is 2.32. The summed E-state index contributed by atoms with van der Waals surface area (Å²) in [6.07, 6.45) is 12.0. The number of allylic oxidation sites excluding steroid dienone is 2. The van der Waals surface area contributed by atoms with Gasteiger partial charge in [0, 0.05) is 5.56 Å². The molecule has 0 bridgehead atoms. The molecule has 1 aliphatic rings. The lowest BCUT2D eigenvalue weighted by Gasteiger charge is -2.26. The first-order chi connectivity index (χ1) is 11.7. The van der Waals surface area contributed by atoms with E-state index in [-0.39, 0.29) is 12.2 Å². The zero-order valence-electron chi connectivity index (χ0n) is 14.6. The Labute approximate surface area is 144 Å². The van der Waals surface area contributed by atoms with Crippen molar-refractivity contribution >= 4 is 0 Å². The quantitative estimate of drug-likeness (QED) is 0.419. The molecule has 2 rings (SSSR count). The molecule has 0 spiro atoms. The van der Waals surface area contributed by atoms with Gasteiger partial charge in [-0.25, -0.2) is 8.78 Å². The maximum atomic E-state index is 14.3. The highest BCUT2D eigenvalue weighted by Gasteiger charge is 2.20. The van der Waals surface area contributed by atoms with Gasteiger partial charge in [-0.05, 0) is 62.8 Å². The lowest BCUT2D eigenvalue weighted by Crippen LogP contribution is -2.14. The predicted octanol–water partition coefficient (Wildman–Crippen LogP) is 5.98. The van der Waals surface area contributed by atoms with Crippen molar-refractivity contribution in [2.45, 2.75) is 52.1 Å². The number of hydrogen-bond acceptors (Lipinski definition) is 1. The molecule has 0 N–H and O–H groups in total. The standard InChI is InChI=1S/C21H28F2O/c1-3-5-14-24-15-19-13-12-18(20(22)21(19)23)11-10-17-8-6-16(4-2)7-9-17/h3-5,12-13,16-17H,2,6-11,14-15H2,1H3. The molecule has 0 aliphatic heterocycles. The van der Waals surface area contributed by atoms with Crippen LogP contribution in [-0.2, 0) is 17.8 Å². The topological polar surface area (TPSA) is 9.23 Å². The summed E-state index contributed by atoms with van der Waals surface area (Å²) >= 11 is 0. The van der Waals surface area contributed by atoms with E-state index in [9.17, 15) is 8.78 Å². The third kappa shape index (κ3) is 5.27. The van der Waals surface area contributed by atoms with Crippen LogP contribution in [0.5, 0.6) is 0 Å². The summed E-state index contributed by atoms with van der Waals surface area (Å²) in [5.74, 6) is -0.213. The Balaban J connectivity index is 1.87. The second kappa shape index (κ2) is 9.73. The van der Waals surface area contributed by atoms with E-state index in [4.69, 9.17) is 4.74 Å². The van der Waals surface area contributed by atoms with Crippen LogP contribution in [0.25, 0.3) is 0 Å². The zero-order chi connectivity index (χ0) is 17.4. The SMILES string of the molecule is C=CC1CCC(CCc2ccc(COCC=CC)c(F)c2F)CC1. The third-order valence-corrected chi connectivity index (χ3v) is 5.00. The molecule has 0 heterocycles. The van der Waals surface area contributed by atoms with Crippen molar-refractivity contribution in [3.63, 3.8) is 0 Å². The van der Waals surface area contributed by atoms with Crippen molar-refractivity contribution in [3.05, 3.63) is 59.7 Å². The van der Waals surface area contributed by atoms with Crippen LogP contribution in [-0.4, -0.2) is 6.61 Å².